The first-order valence-corrected chi connectivity index (χ1v) is 7.33. The molecule has 0 spiro atoms. The Morgan fingerprint density at radius 2 is 1.67 bits per heavy atom. The molecule has 2 N–H and O–H groups in total. The Labute approximate surface area is 138 Å². The molecular weight excluding hydrogens is 331 g/mol. The van der Waals surface area contributed by atoms with Crippen molar-refractivity contribution in [3.05, 3.63) is 57.0 Å². The summed E-state index contributed by atoms with van der Waals surface area (Å²) < 4.78 is 0. The van der Waals surface area contributed by atoms with Gasteiger partial charge in [0.15, 0.2) is 0 Å². The van der Waals surface area contributed by atoms with E-state index in [1.165, 1.54) is 0 Å². The molecule has 0 saturated carbocycles. The maximum absolute atomic E-state index is 11.9. The standard InChI is InChI=1S/C15H13Cl3N2O/c1-9-2-3-12(7-14(9)18)19-8-15(21)20-13-5-10(16)4-11(17)6-13/h2-7,19H,8H2,1H3,(H,20,21). The lowest BCUT2D eigenvalue weighted by Crippen LogP contribution is -2.21. The maximum Gasteiger partial charge on any atom is 0.243 e. The first-order chi connectivity index (χ1) is 9.94. The lowest BCUT2D eigenvalue weighted by Gasteiger charge is -2.09. The van der Waals surface area contributed by atoms with Gasteiger partial charge in [-0.2, -0.15) is 0 Å². The largest absolute Gasteiger partial charge is 0.376 e. The predicted molar refractivity (Wildman–Crippen MR) is 89.8 cm³/mol. The number of benzene rings is 2. The Hall–Kier alpha value is -1.42. The number of amides is 1. The van der Waals surface area contributed by atoms with Crippen molar-refractivity contribution in [2.75, 3.05) is 17.2 Å². The van der Waals surface area contributed by atoms with Crippen molar-refractivity contribution in [2.24, 2.45) is 0 Å². The highest BCUT2D eigenvalue weighted by Gasteiger charge is 2.05. The fraction of sp³-hybridized carbons (Fsp3) is 0.133. The number of carbonyl (C=O) groups excluding carboxylic acids is 1. The summed E-state index contributed by atoms with van der Waals surface area (Å²) in [5.74, 6) is -0.204. The van der Waals surface area contributed by atoms with E-state index in [0.29, 0.717) is 20.8 Å². The van der Waals surface area contributed by atoms with Crippen LogP contribution >= 0.6 is 34.8 Å². The van der Waals surface area contributed by atoms with Gasteiger partial charge in [-0.05, 0) is 42.8 Å². The second-order valence-electron chi connectivity index (χ2n) is 4.52. The molecule has 0 atom stereocenters. The highest BCUT2D eigenvalue weighted by molar-refractivity contribution is 6.35. The van der Waals surface area contributed by atoms with Crippen LogP contribution in [0.5, 0.6) is 0 Å². The molecule has 2 rings (SSSR count). The van der Waals surface area contributed by atoms with Crippen LogP contribution in [0, 0.1) is 6.92 Å². The molecule has 0 heterocycles. The zero-order valence-corrected chi connectivity index (χ0v) is 13.5. The quantitative estimate of drug-likeness (QED) is 0.819. The maximum atomic E-state index is 11.9. The van der Waals surface area contributed by atoms with Crippen LogP contribution in [0.25, 0.3) is 0 Å². The van der Waals surface area contributed by atoms with Crippen LogP contribution in [-0.2, 0) is 4.79 Å². The van der Waals surface area contributed by atoms with E-state index in [0.717, 1.165) is 11.3 Å². The van der Waals surface area contributed by atoms with Crippen LogP contribution in [0.15, 0.2) is 36.4 Å². The van der Waals surface area contributed by atoms with E-state index in [1.807, 2.05) is 19.1 Å². The average molecular weight is 344 g/mol. The molecule has 0 unspecified atom stereocenters. The third-order valence-corrected chi connectivity index (χ3v) is 3.61. The fourth-order valence-electron chi connectivity index (χ4n) is 1.72. The molecule has 6 heteroatoms. The predicted octanol–water partition coefficient (Wildman–Crippen LogP) is 5.01. The van der Waals surface area contributed by atoms with Gasteiger partial charge < -0.3 is 10.6 Å². The normalized spacial score (nSPS) is 10.3. The molecule has 0 bridgehead atoms. The fourth-order valence-corrected chi connectivity index (χ4v) is 2.42. The van der Waals surface area contributed by atoms with Gasteiger partial charge in [-0.1, -0.05) is 40.9 Å². The minimum Gasteiger partial charge on any atom is -0.376 e. The first kappa shape index (κ1) is 16.0. The van der Waals surface area contributed by atoms with Crippen molar-refractivity contribution in [2.45, 2.75) is 6.92 Å². The SMILES string of the molecule is Cc1ccc(NCC(=O)Nc2cc(Cl)cc(Cl)c2)cc1Cl. The van der Waals surface area contributed by atoms with Gasteiger partial charge in [0.2, 0.25) is 5.91 Å². The van der Waals surface area contributed by atoms with Crippen molar-refractivity contribution in [1.29, 1.82) is 0 Å². The third kappa shape index (κ3) is 4.81. The highest BCUT2D eigenvalue weighted by atomic mass is 35.5. The van der Waals surface area contributed by atoms with Gasteiger partial charge in [0.05, 0.1) is 6.54 Å². The van der Waals surface area contributed by atoms with Crippen LogP contribution in [0.4, 0.5) is 11.4 Å². The third-order valence-electron chi connectivity index (χ3n) is 2.77. The van der Waals surface area contributed by atoms with Gasteiger partial charge in [-0.25, -0.2) is 0 Å². The zero-order chi connectivity index (χ0) is 15.4. The lowest BCUT2D eigenvalue weighted by molar-refractivity contribution is -0.114. The van der Waals surface area contributed by atoms with Crippen LogP contribution in [0.1, 0.15) is 5.56 Å². The number of anilines is 2. The Bertz CT molecular complexity index is 654. The summed E-state index contributed by atoms with van der Waals surface area (Å²) in [5, 5.41) is 7.31. The Morgan fingerprint density at radius 3 is 2.29 bits per heavy atom. The summed E-state index contributed by atoms with van der Waals surface area (Å²) in [6.45, 7) is 2.03. The second-order valence-corrected chi connectivity index (χ2v) is 5.80. The van der Waals surface area contributed by atoms with E-state index in [2.05, 4.69) is 10.6 Å². The van der Waals surface area contributed by atoms with E-state index in [4.69, 9.17) is 34.8 Å². The summed E-state index contributed by atoms with van der Waals surface area (Å²) in [4.78, 5) is 11.9. The van der Waals surface area contributed by atoms with Gasteiger partial charge in [0.1, 0.15) is 0 Å². The number of rotatable bonds is 4. The Balaban J connectivity index is 1.94. The zero-order valence-electron chi connectivity index (χ0n) is 11.2. The van der Waals surface area contributed by atoms with Crippen molar-refractivity contribution < 1.29 is 4.79 Å². The van der Waals surface area contributed by atoms with E-state index in [-0.39, 0.29) is 12.5 Å². The first-order valence-electron chi connectivity index (χ1n) is 6.20. The molecule has 21 heavy (non-hydrogen) atoms. The summed E-state index contributed by atoms with van der Waals surface area (Å²) in [6, 6.07) is 10.4. The molecule has 0 aromatic heterocycles. The van der Waals surface area contributed by atoms with Gasteiger partial charge >= 0.3 is 0 Å². The van der Waals surface area contributed by atoms with Gasteiger partial charge in [0.25, 0.3) is 0 Å². The summed E-state index contributed by atoms with van der Waals surface area (Å²) in [5.41, 5.74) is 2.33. The number of aryl methyl sites for hydroxylation is 1. The van der Waals surface area contributed by atoms with Crippen molar-refractivity contribution in [3.8, 4) is 0 Å². The monoisotopic (exact) mass is 342 g/mol. The molecule has 0 aliphatic heterocycles. The van der Waals surface area contributed by atoms with Crippen molar-refractivity contribution in [3.63, 3.8) is 0 Å². The molecule has 1 amide bonds. The van der Waals surface area contributed by atoms with E-state index >= 15 is 0 Å². The minimum atomic E-state index is -0.204. The van der Waals surface area contributed by atoms with Crippen molar-refractivity contribution >= 4 is 52.1 Å². The lowest BCUT2D eigenvalue weighted by atomic mass is 10.2. The smallest absolute Gasteiger partial charge is 0.243 e. The summed E-state index contributed by atoms with van der Waals surface area (Å²) in [6.07, 6.45) is 0. The van der Waals surface area contributed by atoms with Crippen LogP contribution in [0.2, 0.25) is 15.1 Å². The van der Waals surface area contributed by atoms with Gasteiger partial charge in [0, 0.05) is 26.4 Å². The molecule has 0 radical (unpaired) electrons. The number of carbonyl (C=O) groups is 1. The molecule has 2 aromatic rings. The topological polar surface area (TPSA) is 41.1 Å². The van der Waals surface area contributed by atoms with E-state index in [1.54, 1.807) is 24.3 Å². The van der Waals surface area contributed by atoms with Crippen LogP contribution in [-0.4, -0.2) is 12.5 Å². The van der Waals surface area contributed by atoms with Gasteiger partial charge in [-0.15, -0.1) is 0 Å². The van der Waals surface area contributed by atoms with E-state index < -0.39 is 0 Å². The molecule has 3 nitrogen and oxygen atoms in total. The molecule has 0 aliphatic rings. The average Bonchev–Trinajstić information content (AvgIpc) is 2.39. The van der Waals surface area contributed by atoms with Crippen molar-refractivity contribution in [1.82, 2.24) is 0 Å². The van der Waals surface area contributed by atoms with Gasteiger partial charge in [-0.3, -0.25) is 4.79 Å². The molecule has 2 aromatic carbocycles. The van der Waals surface area contributed by atoms with Crippen LogP contribution in [0.3, 0.4) is 0 Å². The molecular formula is C15H13Cl3N2O. The Morgan fingerprint density at radius 1 is 1.00 bits per heavy atom. The van der Waals surface area contributed by atoms with Crippen LogP contribution < -0.4 is 10.6 Å². The number of hydrogen-bond donors (Lipinski definition) is 2. The summed E-state index contributed by atoms with van der Waals surface area (Å²) in [7, 11) is 0. The van der Waals surface area contributed by atoms with E-state index in [9.17, 15) is 4.79 Å². The number of hydrogen-bond acceptors (Lipinski definition) is 2. The minimum absolute atomic E-state index is 0.115. The molecule has 0 saturated heterocycles. The highest BCUT2D eigenvalue weighted by Crippen LogP contribution is 2.22. The number of halogens is 3. The molecule has 0 fully saturated rings. The Kier molecular flexibility index (Phi) is 5.34. The summed E-state index contributed by atoms with van der Waals surface area (Å²) >= 11 is 17.8. The second kappa shape index (κ2) is 7.03. The number of nitrogens with one attached hydrogen (secondary N) is 2. The molecule has 0 aliphatic carbocycles. The molecule has 110 valence electrons.